The van der Waals surface area contributed by atoms with Crippen LogP contribution in [0.1, 0.15) is 47.1 Å². The van der Waals surface area contributed by atoms with E-state index in [1.807, 2.05) is 0 Å². The highest BCUT2D eigenvalue weighted by Crippen LogP contribution is 2.41. The largest absolute Gasteiger partial charge is 0.573 e. The third-order valence-corrected chi connectivity index (χ3v) is 6.99. The van der Waals surface area contributed by atoms with Gasteiger partial charge in [0.1, 0.15) is 11.6 Å². The quantitative estimate of drug-likeness (QED) is 0.268. The van der Waals surface area contributed by atoms with Gasteiger partial charge in [-0.2, -0.15) is 13.2 Å². The van der Waals surface area contributed by atoms with E-state index in [1.165, 1.54) is 24.3 Å². The summed E-state index contributed by atoms with van der Waals surface area (Å²) >= 11 is 0. The number of rotatable bonds is 4. The number of imidazole rings is 1. The molecule has 1 amide bonds. The van der Waals surface area contributed by atoms with Crippen LogP contribution in [-0.2, 0) is 11.7 Å². The predicted molar refractivity (Wildman–Crippen MR) is 132 cm³/mol. The molecule has 1 aliphatic rings. The molecule has 1 fully saturated rings. The molecule has 1 aromatic heterocycles. The van der Waals surface area contributed by atoms with Crippen LogP contribution in [0.4, 0.5) is 26.3 Å². The Balaban J connectivity index is 1.53. The number of carbonyl (C=O) groups is 1. The Morgan fingerprint density at radius 2 is 1.79 bits per heavy atom. The zero-order valence-corrected chi connectivity index (χ0v) is 20.9. The Labute approximate surface area is 219 Å². The molecule has 5 nitrogen and oxygen atoms in total. The first kappa shape index (κ1) is 26.6. The summed E-state index contributed by atoms with van der Waals surface area (Å²) in [5.74, 6) is -0.421. The maximum atomic E-state index is 14.0. The first-order valence-electron chi connectivity index (χ1n) is 12.1. The molecule has 1 aliphatic heterocycles. The van der Waals surface area contributed by atoms with Gasteiger partial charge in [0.05, 0.1) is 22.1 Å². The van der Waals surface area contributed by atoms with E-state index >= 15 is 0 Å². The molecule has 1 saturated heterocycles. The van der Waals surface area contributed by atoms with Gasteiger partial charge < -0.3 is 14.6 Å². The summed E-state index contributed by atoms with van der Waals surface area (Å²) in [5.41, 5.74) is 0.634. The lowest BCUT2D eigenvalue weighted by molar-refractivity contribution is -0.274. The molecule has 39 heavy (non-hydrogen) atoms. The molecule has 0 bridgehead atoms. The van der Waals surface area contributed by atoms with Gasteiger partial charge in [-0.15, -0.1) is 13.2 Å². The van der Waals surface area contributed by atoms with Gasteiger partial charge in [0.25, 0.3) is 5.91 Å². The third-order valence-electron chi connectivity index (χ3n) is 6.99. The predicted octanol–water partition coefficient (Wildman–Crippen LogP) is 7.61. The lowest BCUT2D eigenvalue weighted by atomic mass is 9.94. The van der Waals surface area contributed by atoms with Crippen molar-refractivity contribution in [2.24, 2.45) is 0 Å². The Bertz CT molecular complexity index is 1560. The zero-order chi connectivity index (χ0) is 28.2. The molecule has 1 atom stereocenters. The second kappa shape index (κ2) is 9.32. The summed E-state index contributed by atoms with van der Waals surface area (Å²) in [4.78, 5) is 23.1. The lowest BCUT2D eigenvalue weighted by Crippen LogP contribution is -2.43. The minimum atomic E-state index is -4.87. The smallest absolute Gasteiger partial charge is 0.406 e. The fourth-order valence-electron chi connectivity index (χ4n) is 5.07. The number of nitrogens with one attached hydrogen (secondary N) is 1. The normalized spacial score (nSPS) is 18.1. The summed E-state index contributed by atoms with van der Waals surface area (Å²) in [6, 6.07) is 13.7. The minimum Gasteiger partial charge on any atom is -0.406 e. The Kier molecular flexibility index (Phi) is 6.35. The number of hydrogen-bond donors (Lipinski definition) is 1. The fourth-order valence-corrected chi connectivity index (χ4v) is 5.07. The van der Waals surface area contributed by atoms with Crippen molar-refractivity contribution in [3.63, 3.8) is 0 Å². The van der Waals surface area contributed by atoms with Gasteiger partial charge in [-0.1, -0.05) is 29.8 Å². The number of ether oxygens (including phenoxy) is 1. The van der Waals surface area contributed by atoms with Crippen LogP contribution in [0.25, 0.3) is 22.2 Å². The molecule has 1 unspecified atom stereocenters. The Hall–Kier alpha value is -4.02. The van der Waals surface area contributed by atoms with Crippen molar-refractivity contribution in [1.29, 1.82) is 0 Å². The third kappa shape index (κ3) is 5.17. The number of halogens is 6. The van der Waals surface area contributed by atoms with Gasteiger partial charge in [-0.3, -0.25) is 4.79 Å². The van der Waals surface area contributed by atoms with Gasteiger partial charge in [0.15, 0.2) is 0 Å². The van der Waals surface area contributed by atoms with Crippen molar-refractivity contribution < 1.29 is 35.9 Å². The zero-order valence-electron chi connectivity index (χ0n) is 20.9. The maximum absolute atomic E-state index is 14.0. The summed E-state index contributed by atoms with van der Waals surface area (Å²) in [5, 5.41) is 0. The number of aryl methyl sites for hydroxylation is 1. The van der Waals surface area contributed by atoms with Crippen molar-refractivity contribution in [3.8, 4) is 16.9 Å². The number of likely N-dealkylation sites (tertiary alicyclic amines) is 1. The standard InChI is InChI=1S/C28H23F6N3O2/c1-16-7-9-20(17-5-3-6-19(14-17)39-28(32,33)34)21(13-16)24(38)37-12-4-11-26(37,2)25-35-22-10-8-18(27(29,30)31)15-23(22)36-25/h3,5-10,13-15H,4,11-12H2,1-2H3,(H,35,36). The number of aromatic amines is 1. The summed E-state index contributed by atoms with van der Waals surface area (Å²) in [7, 11) is 0. The highest BCUT2D eigenvalue weighted by atomic mass is 19.4. The van der Waals surface area contributed by atoms with Crippen molar-refractivity contribution >= 4 is 16.9 Å². The van der Waals surface area contributed by atoms with Crippen molar-refractivity contribution in [2.75, 3.05) is 6.54 Å². The topological polar surface area (TPSA) is 58.2 Å². The molecule has 11 heteroatoms. The van der Waals surface area contributed by atoms with Crippen LogP contribution >= 0.6 is 0 Å². The number of fused-ring (bicyclic) bond motifs is 1. The highest BCUT2D eigenvalue weighted by Gasteiger charge is 2.44. The first-order chi connectivity index (χ1) is 18.2. The summed E-state index contributed by atoms with van der Waals surface area (Å²) < 4.78 is 82.1. The number of carbonyl (C=O) groups excluding carboxylic acids is 1. The number of nitrogens with zero attached hydrogens (tertiary/aromatic N) is 2. The number of benzene rings is 3. The molecule has 0 saturated carbocycles. The number of hydrogen-bond acceptors (Lipinski definition) is 3. The van der Waals surface area contributed by atoms with Crippen LogP contribution in [0.3, 0.4) is 0 Å². The fraction of sp³-hybridized carbons (Fsp3) is 0.286. The summed E-state index contributed by atoms with van der Waals surface area (Å²) in [6.07, 6.45) is -8.23. The molecule has 2 heterocycles. The van der Waals surface area contributed by atoms with Crippen LogP contribution in [0, 0.1) is 6.92 Å². The minimum absolute atomic E-state index is 0.207. The van der Waals surface area contributed by atoms with E-state index in [9.17, 15) is 31.1 Å². The van der Waals surface area contributed by atoms with Crippen LogP contribution < -0.4 is 4.74 Å². The van der Waals surface area contributed by atoms with Crippen LogP contribution in [0.15, 0.2) is 60.7 Å². The van der Waals surface area contributed by atoms with Gasteiger partial charge >= 0.3 is 12.5 Å². The van der Waals surface area contributed by atoms with E-state index in [-0.39, 0.29) is 17.0 Å². The second-order valence-corrected chi connectivity index (χ2v) is 9.77. The van der Waals surface area contributed by atoms with E-state index in [1.54, 1.807) is 43.0 Å². The van der Waals surface area contributed by atoms with Crippen molar-refractivity contribution in [1.82, 2.24) is 14.9 Å². The molecule has 0 aliphatic carbocycles. The lowest BCUT2D eigenvalue weighted by Gasteiger charge is -2.34. The van der Waals surface area contributed by atoms with Gasteiger partial charge in [0, 0.05) is 12.1 Å². The van der Waals surface area contributed by atoms with Gasteiger partial charge in [-0.05, 0) is 74.2 Å². The van der Waals surface area contributed by atoms with Crippen LogP contribution in [0.5, 0.6) is 5.75 Å². The van der Waals surface area contributed by atoms with Crippen molar-refractivity contribution in [3.05, 3.63) is 83.2 Å². The molecule has 1 N–H and O–H groups in total. The molecule has 5 rings (SSSR count). The molecule has 0 radical (unpaired) electrons. The van der Waals surface area contributed by atoms with E-state index in [2.05, 4.69) is 14.7 Å². The molecule has 3 aromatic carbocycles. The van der Waals surface area contributed by atoms with E-state index < -0.39 is 29.4 Å². The van der Waals surface area contributed by atoms with Gasteiger partial charge in [0.2, 0.25) is 0 Å². The second-order valence-electron chi connectivity index (χ2n) is 9.77. The average molecular weight is 547 g/mol. The molecule has 0 spiro atoms. The van der Waals surface area contributed by atoms with E-state index in [0.29, 0.717) is 41.9 Å². The van der Waals surface area contributed by atoms with Crippen LogP contribution in [0.2, 0.25) is 0 Å². The van der Waals surface area contributed by atoms with Gasteiger partial charge in [-0.25, -0.2) is 4.98 Å². The average Bonchev–Trinajstić information content (AvgIpc) is 3.46. The SMILES string of the molecule is Cc1ccc(-c2cccc(OC(F)(F)F)c2)c(C(=O)N2CCCC2(C)c2nc3ccc(C(F)(F)F)cc3[nH]2)c1. The molecular formula is C28H23F6N3O2. The summed E-state index contributed by atoms with van der Waals surface area (Å²) in [6.45, 7) is 3.96. The number of alkyl halides is 6. The first-order valence-corrected chi connectivity index (χ1v) is 12.1. The Morgan fingerprint density at radius 3 is 2.51 bits per heavy atom. The van der Waals surface area contributed by atoms with E-state index in [0.717, 1.165) is 17.7 Å². The van der Waals surface area contributed by atoms with Crippen molar-refractivity contribution in [2.45, 2.75) is 44.8 Å². The number of H-pyrrole nitrogens is 1. The molecule has 204 valence electrons. The molecular weight excluding hydrogens is 524 g/mol. The van der Waals surface area contributed by atoms with Crippen LogP contribution in [-0.4, -0.2) is 33.7 Å². The Morgan fingerprint density at radius 1 is 1.03 bits per heavy atom. The monoisotopic (exact) mass is 547 g/mol. The highest BCUT2D eigenvalue weighted by molar-refractivity contribution is 6.01. The maximum Gasteiger partial charge on any atom is 0.573 e. The molecule has 4 aromatic rings. The number of aromatic nitrogens is 2. The van der Waals surface area contributed by atoms with E-state index in [4.69, 9.17) is 0 Å². The number of amides is 1.